The number of ether oxygens (including phenoxy) is 1. The fraction of sp³-hybridized carbons (Fsp3) is 0.350. The molecule has 23 heavy (non-hydrogen) atoms. The normalized spacial score (nSPS) is 11.8. The van der Waals surface area contributed by atoms with Gasteiger partial charge in [-0.3, -0.25) is 4.79 Å². The number of hydrogen-bond donors (Lipinski definition) is 1. The molecule has 0 amide bonds. The fourth-order valence-corrected chi connectivity index (χ4v) is 2.41. The number of benzene rings is 2. The molecule has 2 rings (SSSR count). The number of nitrogens with one attached hydrogen (secondary N) is 1. The maximum Gasteiger partial charge on any atom is 0.164 e. The molecule has 0 radical (unpaired) electrons. The van der Waals surface area contributed by atoms with Gasteiger partial charge < -0.3 is 10.1 Å². The van der Waals surface area contributed by atoms with Gasteiger partial charge >= 0.3 is 0 Å². The van der Waals surface area contributed by atoms with Crippen LogP contribution in [0.4, 0.5) is 5.69 Å². The molecule has 0 aliphatic carbocycles. The summed E-state index contributed by atoms with van der Waals surface area (Å²) >= 11 is 0. The van der Waals surface area contributed by atoms with Crippen LogP contribution in [0.15, 0.2) is 48.5 Å². The third-order valence-corrected chi connectivity index (χ3v) is 4.19. The number of carbonyl (C=O) groups is 1. The van der Waals surface area contributed by atoms with Crippen LogP contribution < -0.4 is 10.1 Å². The summed E-state index contributed by atoms with van der Waals surface area (Å²) in [7, 11) is 1.62. The molecule has 2 aromatic carbocycles. The Hall–Kier alpha value is -2.29. The number of hydrogen-bond acceptors (Lipinski definition) is 3. The molecular formula is C20H25NO2. The largest absolute Gasteiger partial charge is 0.497 e. The van der Waals surface area contributed by atoms with Gasteiger partial charge in [0.15, 0.2) is 5.78 Å². The number of anilines is 1. The Labute approximate surface area is 138 Å². The topological polar surface area (TPSA) is 38.3 Å². The summed E-state index contributed by atoms with van der Waals surface area (Å²) in [4.78, 5) is 12.1. The maximum atomic E-state index is 12.1. The van der Waals surface area contributed by atoms with E-state index < -0.39 is 0 Å². The van der Waals surface area contributed by atoms with Crippen molar-refractivity contribution in [3.05, 3.63) is 59.7 Å². The van der Waals surface area contributed by atoms with Gasteiger partial charge in [-0.2, -0.15) is 0 Å². The van der Waals surface area contributed by atoms with E-state index in [4.69, 9.17) is 4.74 Å². The Balaban J connectivity index is 1.82. The number of rotatable bonds is 8. The Kier molecular flexibility index (Phi) is 6.21. The van der Waals surface area contributed by atoms with Crippen LogP contribution in [0.2, 0.25) is 0 Å². The van der Waals surface area contributed by atoms with Crippen molar-refractivity contribution < 1.29 is 9.53 Å². The lowest BCUT2D eigenvalue weighted by Gasteiger charge is -2.11. The minimum Gasteiger partial charge on any atom is -0.497 e. The number of ketones is 1. The zero-order valence-corrected chi connectivity index (χ0v) is 14.1. The predicted octanol–water partition coefficient (Wildman–Crippen LogP) is 4.89. The Bertz CT molecular complexity index is 617. The molecule has 3 heteroatoms. The van der Waals surface area contributed by atoms with Crippen LogP contribution in [0, 0.1) is 0 Å². The van der Waals surface area contributed by atoms with Crippen molar-refractivity contribution in [3.63, 3.8) is 0 Å². The highest BCUT2D eigenvalue weighted by molar-refractivity contribution is 5.96. The average Bonchev–Trinajstić information content (AvgIpc) is 2.61. The van der Waals surface area contributed by atoms with E-state index in [2.05, 4.69) is 43.4 Å². The second-order valence-electron chi connectivity index (χ2n) is 5.76. The molecule has 122 valence electrons. The molecule has 1 N–H and O–H groups in total. The van der Waals surface area contributed by atoms with Gasteiger partial charge in [0.2, 0.25) is 0 Å². The summed E-state index contributed by atoms with van der Waals surface area (Å²) in [5.74, 6) is 1.48. The zero-order chi connectivity index (χ0) is 16.7. The van der Waals surface area contributed by atoms with Crippen LogP contribution in [-0.4, -0.2) is 19.4 Å². The van der Waals surface area contributed by atoms with Crippen LogP contribution in [-0.2, 0) is 0 Å². The fourth-order valence-electron chi connectivity index (χ4n) is 2.41. The minimum absolute atomic E-state index is 0.136. The van der Waals surface area contributed by atoms with Gasteiger partial charge in [-0.15, -0.1) is 0 Å². The van der Waals surface area contributed by atoms with Gasteiger partial charge in [0, 0.05) is 24.2 Å². The van der Waals surface area contributed by atoms with Gasteiger partial charge in [-0.05, 0) is 54.3 Å². The summed E-state index contributed by atoms with van der Waals surface area (Å²) in [6.07, 6.45) is 1.61. The lowest BCUT2D eigenvalue weighted by atomic mass is 9.98. The second kappa shape index (κ2) is 8.37. The van der Waals surface area contributed by atoms with Crippen molar-refractivity contribution in [2.24, 2.45) is 0 Å². The summed E-state index contributed by atoms with van der Waals surface area (Å²) < 4.78 is 5.10. The molecular weight excluding hydrogens is 286 g/mol. The van der Waals surface area contributed by atoms with E-state index >= 15 is 0 Å². The quantitative estimate of drug-likeness (QED) is 0.705. The Morgan fingerprint density at radius 2 is 1.74 bits per heavy atom. The average molecular weight is 311 g/mol. The van der Waals surface area contributed by atoms with Crippen LogP contribution in [0.25, 0.3) is 0 Å². The molecule has 0 aliphatic heterocycles. The van der Waals surface area contributed by atoms with Crippen molar-refractivity contribution in [2.75, 3.05) is 19.0 Å². The molecule has 0 heterocycles. The van der Waals surface area contributed by atoms with Gasteiger partial charge in [-0.25, -0.2) is 0 Å². The van der Waals surface area contributed by atoms with Crippen LogP contribution in [0.5, 0.6) is 5.75 Å². The monoisotopic (exact) mass is 311 g/mol. The van der Waals surface area contributed by atoms with E-state index in [0.717, 1.165) is 23.4 Å². The van der Waals surface area contributed by atoms with Crippen LogP contribution in [0.1, 0.15) is 48.5 Å². The lowest BCUT2D eigenvalue weighted by Crippen LogP contribution is -2.09. The van der Waals surface area contributed by atoms with Crippen LogP contribution >= 0.6 is 0 Å². The van der Waals surface area contributed by atoms with E-state index in [1.807, 2.05) is 24.3 Å². The summed E-state index contributed by atoms with van der Waals surface area (Å²) in [5, 5.41) is 3.31. The zero-order valence-electron chi connectivity index (χ0n) is 14.1. The smallest absolute Gasteiger partial charge is 0.164 e. The van der Waals surface area contributed by atoms with Crippen LogP contribution in [0.3, 0.4) is 0 Å². The van der Waals surface area contributed by atoms with E-state index in [-0.39, 0.29) is 5.78 Å². The van der Waals surface area contributed by atoms with Crippen molar-refractivity contribution in [3.8, 4) is 5.75 Å². The molecule has 3 nitrogen and oxygen atoms in total. The molecule has 0 aliphatic rings. The van der Waals surface area contributed by atoms with E-state index in [1.54, 1.807) is 7.11 Å². The molecule has 0 fully saturated rings. The first-order valence-corrected chi connectivity index (χ1v) is 8.15. The SMILES string of the molecule is CC[C@@H](C)c1ccc(NCCC(=O)c2ccc(OC)cc2)cc1. The highest BCUT2D eigenvalue weighted by Crippen LogP contribution is 2.20. The standard InChI is InChI=1S/C20H25NO2/c1-4-15(2)16-5-9-18(10-6-16)21-14-13-20(22)17-7-11-19(23-3)12-8-17/h5-12,15,21H,4,13-14H2,1-3H3/t15-/m1/s1. The summed E-state index contributed by atoms with van der Waals surface area (Å²) in [6, 6.07) is 15.7. The molecule has 0 spiro atoms. The van der Waals surface area contributed by atoms with E-state index in [9.17, 15) is 4.79 Å². The second-order valence-corrected chi connectivity index (χ2v) is 5.76. The van der Waals surface area contributed by atoms with E-state index in [1.165, 1.54) is 5.56 Å². The summed E-state index contributed by atoms with van der Waals surface area (Å²) in [6.45, 7) is 5.06. The Morgan fingerprint density at radius 1 is 1.09 bits per heavy atom. The molecule has 0 aromatic heterocycles. The molecule has 0 bridgehead atoms. The third-order valence-electron chi connectivity index (χ3n) is 4.19. The molecule has 1 atom stereocenters. The first kappa shape index (κ1) is 17.1. The number of carbonyl (C=O) groups excluding carboxylic acids is 1. The van der Waals surface area contributed by atoms with Gasteiger partial charge in [-0.1, -0.05) is 26.0 Å². The van der Waals surface area contributed by atoms with Gasteiger partial charge in [0.05, 0.1) is 7.11 Å². The molecule has 0 saturated heterocycles. The van der Waals surface area contributed by atoms with Crippen molar-refractivity contribution in [1.29, 1.82) is 0 Å². The first-order valence-electron chi connectivity index (χ1n) is 8.15. The number of methoxy groups -OCH3 is 1. The number of Topliss-reactive ketones (excluding diaryl/α,β-unsaturated/α-hetero) is 1. The summed E-state index contributed by atoms with van der Waals surface area (Å²) in [5.41, 5.74) is 3.13. The molecule has 0 unspecified atom stereocenters. The van der Waals surface area contributed by atoms with Gasteiger partial charge in [0.1, 0.15) is 5.75 Å². The van der Waals surface area contributed by atoms with Crippen molar-refractivity contribution in [1.82, 2.24) is 0 Å². The minimum atomic E-state index is 0.136. The van der Waals surface area contributed by atoms with E-state index in [0.29, 0.717) is 18.9 Å². The highest BCUT2D eigenvalue weighted by Gasteiger charge is 2.06. The van der Waals surface area contributed by atoms with Crippen molar-refractivity contribution >= 4 is 11.5 Å². The highest BCUT2D eigenvalue weighted by atomic mass is 16.5. The third kappa shape index (κ3) is 4.85. The molecule has 2 aromatic rings. The maximum absolute atomic E-state index is 12.1. The first-order chi connectivity index (χ1) is 11.1. The predicted molar refractivity (Wildman–Crippen MR) is 95.6 cm³/mol. The Morgan fingerprint density at radius 3 is 2.30 bits per heavy atom. The molecule has 0 saturated carbocycles. The van der Waals surface area contributed by atoms with Gasteiger partial charge in [0.25, 0.3) is 0 Å². The van der Waals surface area contributed by atoms with Crippen molar-refractivity contribution in [2.45, 2.75) is 32.6 Å². The lowest BCUT2D eigenvalue weighted by molar-refractivity contribution is 0.0986.